The van der Waals surface area contributed by atoms with E-state index in [1.54, 1.807) is 6.07 Å². The number of halogens is 3. The Balaban J connectivity index is 1.48. The number of nitrogens with zero attached hydrogens (tertiary/aromatic N) is 3. The number of hydrogen-bond donors (Lipinski definition) is 2. The summed E-state index contributed by atoms with van der Waals surface area (Å²) < 4.78 is 57.4. The number of alkyl halides is 3. The normalized spacial score (nSPS) is 11.9. The maximum absolute atomic E-state index is 14.5. The van der Waals surface area contributed by atoms with E-state index in [4.69, 9.17) is 20.9 Å². The Labute approximate surface area is 258 Å². The van der Waals surface area contributed by atoms with E-state index >= 15 is 0 Å². The first-order valence-corrected chi connectivity index (χ1v) is 14.6. The van der Waals surface area contributed by atoms with Gasteiger partial charge in [0.05, 0.1) is 48.4 Å². The lowest BCUT2D eigenvalue weighted by atomic mass is 9.89. The molecule has 0 aliphatic heterocycles. The molecule has 0 saturated carbocycles. The minimum Gasteiger partial charge on any atom is -0.383 e. The number of anilines is 2. The van der Waals surface area contributed by atoms with Gasteiger partial charge in [-0.15, -0.1) is 0 Å². The van der Waals surface area contributed by atoms with Gasteiger partial charge >= 0.3 is 6.18 Å². The Morgan fingerprint density at radius 2 is 1.36 bits per heavy atom. The van der Waals surface area contributed by atoms with Gasteiger partial charge in [-0.2, -0.15) is 18.2 Å². The molecular formula is C35H32F3N5O2. The maximum Gasteiger partial charge on any atom is 0.417 e. The van der Waals surface area contributed by atoms with Gasteiger partial charge in [-0.1, -0.05) is 78.9 Å². The Hall–Kier alpha value is -4.93. The molecule has 2 aromatic heterocycles. The lowest BCUT2D eigenvalue weighted by Gasteiger charge is -2.21. The SMILES string of the molecule is Nc1nc(N)c2c(n1)c(CCOCc1ccccc1)c(-c1ccccc1C(F)(F)F)c1c2ccn1CCOCc1ccccc1. The fraction of sp³-hybridized carbons (Fsp3) is 0.200. The quantitative estimate of drug-likeness (QED) is 0.148. The minimum atomic E-state index is -4.60. The van der Waals surface area contributed by atoms with Gasteiger partial charge in [0.25, 0.3) is 0 Å². The first kappa shape index (κ1) is 30.1. The summed E-state index contributed by atoms with van der Waals surface area (Å²) in [4.78, 5) is 8.74. The van der Waals surface area contributed by atoms with Crippen molar-refractivity contribution in [3.05, 3.63) is 119 Å². The number of nitrogens with two attached hydrogens (primary N) is 2. The molecule has 4 N–H and O–H groups in total. The van der Waals surface area contributed by atoms with Crippen molar-refractivity contribution in [2.45, 2.75) is 32.4 Å². The Morgan fingerprint density at radius 1 is 0.733 bits per heavy atom. The van der Waals surface area contributed by atoms with E-state index in [9.17, 15) is 13.2 Å². The standard InChI is InChI=1S/C35H32F3N5O2/c36-35(37,38)28-14-8-7-13-25(28)29-26(16-19-44-21-23-9-3-1-4-10-23)31-30(33(39)42-34(40)41-31)27-15-17-43(32(27)29)18-20-45-22-24-11-5-2-6-12-24/h1-15,17H,16,18-22H2,(H4,39,40,41,42). The Kier molecular flexibility index (Phi) is 8.68. The van der Waals surface area contributed by atoms with Crippen LogP contribution >= 0.6 is 0 Å². The zero-order chi connectivity index (χ0) is 31.4. The lowest BCUT2D eigenvalue weighted by Crippen LogP contribution is -2.12. The van der Waals surface area contributed by atoms with Gasteiger partial charge < -0.3 is 25.5 Å². The van der Waals surface area contributed by atoms with Crippen LogP contribution < -0.4 is 11.5 Å². The van der Waals surface area contributed by atoms with Crippen LogP contribution in [0.1, 0.15) is 22.3 Å². The van der Waals surface area contributed by atoms with Gasteiger partial charge in [0.2, 0.25) is 5.95 Å². The van der Waals surface area contributed by atoms with Crippen LogP contribution in [0.5, 0.6) is 0 Å². The highest BCUT2D eigenvalue weighted by Gasteiger charge is 2.35. The maximum atomic E-state index is 14.5. The molecule has 0 unspecified atom stereocenters. The van der Waals surface area contributed by atoms with Crippen molar-refractivity contribution in [3.63, 3.8) is 0 Å². The van der Waals surface area contributed by atoms with E-state index in [2.05, 4.69) is 9.97 Å². The smallest absolute Gasteiger partial charge is 0.383 e. The molecule has 0 spiro atoms. The number of nitrogen functional groups attached to an aromatic ring is 2. The summed E-state index contributed by atoms with van der Waals surface area (Å²) in [5, 5.41) is 1.17. The van der Waals surface area contributed by atoms with E-state index in [1.165, 1.54) is 12.1 Å². The monoisotopic (exact) mass is 611 g/mol. The molecule has 0 amide bonds. The summed E-state index contributed by atoms with van der Waals surface area (Å²) in [5.41, 5.74) is 15.7. The number of ether oxygens (including phenoxy) is 2. The third-order valence-electron chi connectivity index (χ3n) is 7.71. The molecular weight excluding hydrogens is 579 g/mol. The molecule has 0 fully saturated rings. The summed E-state index contributed by atoms with van der Waals surface area (Å²) in [6.07, 6.45) is -2.51. The fourth-order valence-electron chi connectivity index (χ4n) is 5.73. The van der Waals surface area contributed by atoms with Crippen molar-refractivity contribution < 1.29 is 22.6 Å². The van der Waals surface area contributed by atoms with Gasteiger partial charge in [0, 0.05) is 23.7 Å². The predicted octanol–water partition coefficient (Wildman–Crippen LogP) is 7.41. The van der Waals surface area contributed by atoms with E-state index in [-0.39, 0.29) is 30.4 Å². The van der Waals surface area contributed by atoms with Crippen molar-refractivity contribution in [2.75, 3.05) is 24.7 Å². The average molecular weight is 612 g/mol. The fourth-order valence-corrected chi connectivity index (χ4v) is 5.73. The molecule has 0 saturated heterocycles. The zero-order valence-electron chi connectivity index (χ0n) is 24.4. The summed E-state index contributed by atoms with van der Waals surface area (Å²) in [6.45, 7) is 1.71. The highest BCUT2D eigenvalue weighted by atomic mass is 19.4. The summed E-state index contributed by atoms with van der Waals surface area (Å²) in [5.74, 6) is 0.0947. The van der Waals surface area contributed by atoms with Gasteiger partial charge in [-0.3, -0.25) is 0 Å². The average Bonchev–Trinajstić information content (AvgIpc) is 3.44. The van der Waals surface area contributed by atoms with Crippen molar-refractivity contribution in [1.82, 2.24) is 14.5 Å². The van der Waals surface area contributed by atoms with Crippen molar-refractivity contribution in [2.24, 2.45) is 0 Å². The first-order valence-electron chi connectivity index (χ1n) is 14.6. The lowest BCUT2D eigenvalue weighted by molar-refractivity contribution is -0.137. The highest BCUT2D eigenvalue weighted by molar-refractivity contribution is 6.17. The molecule has 7 nitrogen and oxygen atoms in total. The third-order valence-corrected chi connectivity index (χ3v) is 7.71. The van der Waals surface area contributed by atoms with Gasteiger partial charge in [0.1, 0.15) is 5.82 Å². The molecule has 10 heteroatoms. The minimum absolute atomic E-state index is 0.0378. The molecule has 0 aliphatic carbocycles. The van der Waals surface area contributed by atoms with E-state index < -0.39 is 11.7 Å². The number of aromatic nitrogens is 3. The largest absolute Gasteiger partial charge is 0.417 e. The summed E-state index contributed by atoms with van der Waals surface area (Å²) in [6, 6.07) is 26.9. The topological polar surface area (TPSA) is 101 Å². The molecule has 4 aromatic carbocycles. The number of fused-ring (bicyclic) bond motifs is 3. The van der Waals surface area contributed by atoms with Crippen LogP contribution in [0.3, 0.4) is 0 Å². The third kappa shape index (κ3) is 6.47. The molecule has 45 heavy (non-hydrogen) atoms. The van der Waals surface area contributed by atoms with Crippen molar-refractivity contribution in [3.8, 4) is 11.1 Å². The molecule has 6 aromatic rings. The summed E-state index contributed by atoms with van der Waals surface area (Å²) in [7, 11) is 0. The molecule has 2 heterocycles. The van der Waals surface area contributed by atoms with Crippen LogP contribution in [0.15, 0.2) is 97.2 Å². The van der Waals surface area contributed by atoms with E-state index in [0.29, 0.717) is 59.3 Å². The van der Waals surface area contributed by atoms with Crippen LogP contribution in [0.4, 0.5) is 24.9 Å². The Bertz CT molecular complexity index is 1930. The van der Waals surface area contributed by atoms with Crippen LogP contribution in [0.25, 0.3) is 32.9 Å². The Morgan fingerprint density at radius 3 is 2.02 bits per heavy atom. The number of benzene rings is 4. The number of rotatable bonds is 11. The molecule has 0 radical (unpaired) electrons. The van der Waals surface area contributed by atoms with Gasteiger partial charge in [-0.05, 0) is 40.8 Å². The zero-order valence-corrected chi connectivity index (χ0v) is 24.4. The highest BCUT2D eigenvalue weighted by Crippen LogP contribution is 2.45. The van der Waals surface area contributed by atoms with Crippen LogP contribution in [-0.2, 0) is 41.8 Å². The van der Waals surface area contributed by atoms with Crippen LogP contribution in [0.2, 0.25) is 0 Å². The predicted molar refractivity (Wildman–Crippen MR) is 170 cm³/mol. The molecule has 0 bridgehead atoms. The second-order valence-electron chi connectivity index (χ2n) is 10.7. The van der Waals surface area contributed by atoms with E-state index in [0.717, 1.165) is 17.2 Å². The van der Waals surface area contributed by atoms with Gasteiger partial charge in [-0.25, -0.2) is 4.98 Å². The van der Waals surface area contributed by atoms with Crippen molar-refractivity contribution in [1.29, 1.82) is 0 Å². The summed E-state index contributed by atoms with van der Waals surface area (Å²) >= 11 is 0. The molecule has 0 aliphatic rings. The van der Waals surface area contributed by atoms with Crippen molar-refractivity contribution >= 4 is 33.6 Å². The van der Waals surface area contributed by atoms with E-state index in [1.807, 2.05) is 77.5 Å². The second kappa shape index (κ2) is 13.0. The molecule has 0 atom stereocenters. The van der Waals surface area contributed by atoms with Crippen LogP contribution in [-0.4, -0.2) is 27.7 Å². The van der Waals surface area contributed by atoms with Crippen LogP contribution in [0, 0.1) is 0 Å². The number of hydrogen-bond acceptors (Lipinski definition) is 6. The second-order valence-corrected chi connectivity index (χ2v) is 10.7. The van der Waals surface area contributed by atoms with Gasteiger partial charge in [0.15, 0.2) is 0 Å². The first-order chi connectivity index (χ1) is 21.8. The molecule has 6 rings (SSSR count). The molecule has 230 valence electrons.